The second-order valence-electron chi connectivity index (χ2n) is 8.56. The Morgan fingerprint density at radius 1 is 1.07 bits per heavy atom. The zero-order valence-electron chi connectivity index (χ0n) is 16.8. The summed E-state index contributed by atoms with van der Waals surface area (Å²) >= 11 is 0. The summed E-state index contributed by atoms with van der Waals surface area (Å²) in [6.45, 7) is 5.12. The summed E-state index contributed by atoms with van der Waals surface area (Å²) in [6.07, 6.45) is 8.02. The molecule has 0 unspecified atom stereocenters. The van der Waals surface area contributed by atoms with Crippen LogP contribution in [0.1, 0.15) is 50.5 Å². The first-order valence-electron chi connectivity index (χ1n) is 10.8. The number of pyridine rings is 1. The third-order valence-corrected chi connectivity index (χ3v) is 6.66. The predicted molar refractivity (Wildman–Crippen MR) is 113 cm³/mol. The highest BCUT2D eigenvalue weighted by Crippen LogP contribution is 2.35. The van der Waals surface area contributed by atoms with Crippen molar-refractivity contribution < 1.29 is 9.84 Å². The molecule has 2 fully saturated rings. The van der Waals surface area contributed by atoms with E-state index in [2.05, 4.69) is 47.1 Å². The van der Waals surface area contributed by atoms with Crippen molar-refractivity contribution in [2.75, 3.05) is 24.6 Å². The van der Waals surface area contributed by atoms with Gasteiger partial charge in [0.15, 0.2) is 0 Å². The molecule has 28 heavy (non-hydrogen) atoms. The lowest BCUT2D eigenvalue weighted by Gasteiger charge is -2.38. The van der Waals surface area contributed by atoms with Gasteiger partial charge in [-0.15, -0.1) is 0 Å². The summed E-state index contributed by atoms with van der Waals surface area (Å²) in [7, 11) is 0. The number of ether oxygens (including phenoxy) is 1. The van der Waals surface area contributed by atoms with Crippen LogP contribution in [0.15, 0.2) is 48.7 Å². The second-order valence-corrected chi connectivity index (χ2v) is 8.56. The molecule has 2 aromatic rings. The molecule has 1 aliphatic heterocycles. The molecule has 2 atom stereocenters. The summed E-state index contributed by atoms with van der Waals surface area (Å²) in [5.74, 6) is 3.04. The molecule has 4 rings (SSSR count). The molecular weight excluding hydrogens is 348 g/mol. The molecule has 4 nitrogen and oxygen atoms in total. The Balaban J connectivity index is 1.27. The topological polar surface area (TPSA) is 45.6 Å². The number of aromatic hydroxyl groups is 1. The van der Waals surface area contributed by atoms with Crippen LogP contribution >= 0.6 is 0 Å². The summed E-state index contributed by atoms with van der Waals surface area (Å²) in [4.78, 5) is 6.73. The monoisotopic (exact) mass is 380 g/mol. The Hall–Kier alpha value is -2.07. The summed E-state index contributed by atoms with van der Waals surface area (Å²) in [6, 6.07) is 14.3. The highest BCUT2D eigenvalue weighted by atomic mass is 16.5. The molecule has 1 aromatic carbocycles. The van der Waals surface area contributed by atoms with E-state index in [1.165, 1.54) is 31.2 Å². The molecule has 2 aliphatic rings. The van der Waals surface area contributed by atoms with Gasteiger partial charge in [0.05, 0.1) is 12.7 Å². The van der Waals surface area contributed by atoms with E-state index in [-0.39, 0.29) is 5.75 Å². The fourth-order valence-electron chi connectivity index (χ4n) is 4.70. The highest BCUT2D eigenvalue weighted by Gasteiger charge is 2.29. The van der Waals surface area contributed by atoms with Gasteiger partial charge in [0.25, 0.3) is 0 Å². The van der Waals surface area contributed by atoms with E-state index in [0.29, 0.717) is 23.9 Å². The quantitative estimate of drug-likeness (QED) is 0.793. The molecule has 1 saturated carbocycles. The Kier molecular flexibility index (Phi) is 6.16. The van der Waals surface area contributed by atoms with Crippen molar-refractivity contribution >= 4 is 5.82 Å². The number of anilines is 1. The standard InChI is InChI=1S/C24H32N2O2/c1-18-12-14-26(24-15-22(27)11-13-25-24)16-21(18)17-28-23-9-7-20(8-10-23)19-5-3-2-4-6-19/h2-6,11,13,15,18,20-21,23H,7-10,12,14,16-17H2,1H3,(H,25,27)/t18-,20?,21-,23?/m0/s1. The average molecular weight is 381 g/mol. The Bertz CT molecular complexity index is 743. The van der Waals surface area contributed by atoms with Crippen molar-refractivity contribution in [1.29, 1.82) is 0 Å². The van der Waals surface area contributed by atoms with Crippen molar-refractivity contribution in [2.24, 2.45) is 11.8 Å². The molecule has 0 radical (unpaired) electrons. The highest BCUT2D eigenvalue weighted by molar-refractivity contribution is 5.43. The van der Waals surface area contributed by atoms with Crippen LogP contribution in [-0.4, -0.2) is 35.9 Å². The minimum absolute atomic E-state index is 0.284. The molecule has 2 heterocycles. The van der Waals surface area contributed by atoms with Crippen molar-refractivity contribution in [1.82, 2.24) is 4.98 Å². The lowest BCUT2D eigenvalue weighted by atomic mass is 9.82. The van der Waals surface area contributed by atoms with Gasteiger partial charge in [0.1, 0.15) is 11.6 Å². The number of aromatic nitrogens is 1. The molecular formula is C24H32N2O2. The Labute approximate surface area is 168 Å². The first-order chi connectivity index (χ1) is 13.7. The van der Waals surface area contributed by atoms with Crippen molar-refractivity contribution in [3.63, 3.8) is 0 Å². The van der Waals surface area contributed by atoms with E-state index < -0.39 is 0 Å². The number of hydrogen-bond acceptors (Lipinski definition) is 4. The minimum Gasteiger partial charge on any atom is -0.508 e. The van der Waals surface area contributed by atoms with Crippen LogP contribution in [0.25, 0.3) is 0 Å². The zero-order valence-corrected chi connectivity index (χ0v) is 16.8. The molecule has 0 amide bonds. The predicted octanol–water partition coefficient (Wildman–Crippen LogP) is 4.99. The number of rotatable bonds is 5. The van der Waals surface area contributed by atoms with E-state index in [4.69, 9.17) is 4.74 Å². The van der Waals surface area contributed by atoms with Crippen LogP contribution in [0.5, 0.6) is 5.75 Å². The van der Waals surface area contributed by atoms with Gasteiger partial charge in [0.2, 0.25) is 0 Å². The normalized spacial score (nSPS) is 28.2. The Morgan fingerprint density at radius 2 is 1.86 bits per heavy atom. The van der Waals surface area contributed by atoms with Gasteiger partial charge in [-0.1, -0.05) is 37.3 Å². The van der Waals surface area contributed by atoms with Crippen molar-refractivity contribution in [2.45, 2.75) is 51.0 Å². The van der Waals surface area contributed by atoms with Crippen molar-refractivity contribution in [3.8, 4) is 5.75 Å². The number of piperidine rings is 1. The fraction of sp³-hybridized carbons (Fsp3) is 0.542. The Morgan fingerprint density at radius 3 is 2.61 bits per heavy atom. The van der Waals surface area contributed by atoms with Crippen LogP contribution in [0, 0.1) is 11.8 Å². The molecule has 0 bridgehead atoms. The van der Waals surface area contributed by atoms with Crippen molar-refractivity contribution in [3.05, 3.63) is 54.2 Å². The van der Waals surface area contributed by atoms with Gasteiger partial charge in [-0.3, -0.25) is 0 Å². The molecule has 0 spiro atoms. The van der Waals surface area contributed by atoms with E-state index in [0.717, 1.165) is 31.9 Å². The van der Waals surface area contributed by atoms with Crippen LogP contribution in [0.3, 0.4) is 0 Å². The molecule has 150 valence electrons. The second kappa shape index (κ2) is 8.95. The van der Waals surface area contributed by atoms with Crippen LogP contribution in [0.4, 0.5) is 5.82 Å². The SMILES string of the molecule is C[C@H]1CCN(c2cc(O)ccn2)C[C@H]1COC1CCC(c2ccccc2)CC1. The number of nitrogens with zero attached hydrogens (tertiary/aromatic N) is 2. The third-order valence-electron chi connectivity index (χ3n) is 6.66. The van der Waals surface area contributed by atoms with Gasteiger partial charge >= 0.3 is 0 Å². The smallest absolute Gasteiger partial charge is 0.132 e. The first-order valence-corrected chi connectivity index (χ1v) is 10.8. The van der Waals surface area contributed by atoms with Crippen LogP contribution in [0.2, 0.25) is 0 Å². The lowest BCUT2D eigenvalue weighted by Crippen LogP contribution is -2.42. The van der Waals surface area contributed by atoms with Crippen LogP contribution in [-0.2, 0) is 4.74 Å². The third kappa shape index (κ3) is 4.67. The molecule has 4 heteroatoms. The number of benzene rings is 1. The first kappa shape index (κ1) is 19.3. The zero-order chi connectivity index (χ0) is 19.3. The number of hydrogen-bond donors (Lipinski definition) is 1. The van der Waals surface area contributed by atoms with Gasteiger partial charge < -0.3 is 14.7 Å². The summed E-state index contributed by atoms with van der Waals surface area (Å²) in [5, 5.41) is 9.75. The maximum atomic E-state index is 9.75. The van der Waals surface area contributed by atoms with E-state index in [1.54, 1.807) is 18.3 Å². The van der Waals surface area contributed by atoms with Gasteiger partial charge in [-0.05, 0) is 55.6 Å². The molecule has 1 saturated heterocycles. The van der Waals surface area contributed by atoms with E-state index in [9.17, 15) is 5.11 Å². The van der Waals surface area contributed by atoms with E-state index >= 15 is 0 Å². The summed E-state index contributed by atoms with van der Waals surface area (Å²) in [5.41, 5.74) is 1.48. The minimum atomic E-state index is 0.284. The molecule has 1 N–H and O–H groups in total. The van der Waals surface area contributed by atoms with Crippen LogP contribution < -0.4 is 4.90 Å². The lowest BCUT2D eigenvalue weighted by molar-refractivity contribution is -0.00695. The average Bonchev–Trinajstić information content (AvgIpc) is 2.74. The maximum absolute atomic E-state index is 9.75. The van der Waals surface area contributed by atoms with Gasteiger partial charge in [0, 0.05) is 31.3 Å². The summed E-state index contributed by atoms with van der Waals surface area (Å²) < 4.78 is 6.39. The fourth-order valence-corrected chi connectivity index (χ4v) is 4.70. The van der Waals surface area contributed by atoms with Gasteiger partial charge in [-0.25, -0.2) is 4.98 Å². The van der Waals surface area contributed by atoms with E-state index in [1.807, 2.05) is 0 Å². The van der Waals surface area contributed by atoms with Gasteiger partial charge in [-0.2, -0.15) is 0 Å². The molecule has 1 aliphatic carbocycles. The largest absolute Gasteiger partial charge is 0.508 e. The molecule has 1 aromatic heterocycles. The maximum Gasteiger partial charge on any atom is 0.132 e.